The van der Waals surface area contributed by atoms with Crippen LogP contribution in [0.15, 0.2) is 12.3 Å². The highest BCUT2D eigenvalue weighted by Crippen LogP contribution is 2.32. The van der Waals surface area contributed by atoms with Crippen LogP contribution in [0.4, 0.5) is 0 Å². The molecule has 0 aromatic carbocycles. The highest BCUT2D eigenvalue weighted by molar-refractivity contribution is 5.90. The third-order valence-electron chi connectivity index (χ3n) is 2.97. The Kier molecular flexibility index (Phi) is 2.12. The van der Waals surface area contributed by atoms with E-state index in [1.807, 2.05) is 0 Å². The molecule has 72 valence electrons. The Labute approximate surface area is 78.4 Å². The summed E-state index contributed by atoms with van der Waals surface area (Å²) in [6.07, 6.45) is 5.61. The Balaban J connectivity index is 2.05. The summed E-state index contributed by atoms with van der Waals surface area (Å²) in [5, 5.41) is 0. The number of piperidine rings is 1. The molecule has 0 radical (unpaired) electrons. The Bertz CT molecular complexity index is 239. The van der Waals surface area contributed by atoms with Gasteiger partial charge in [-0.25, -0.2) is 0 Å². The predicted octanol–water partition coefficient (Wildman–Crippen LogP) is 0.954. The van der Waals surface area contributed by atoms with Crippen molar-refractivity contribution in [1.29, 1.82) is 0 Å². The topological polar surface area (TPSA) is 29.5 Å². The summed E-state index contributed by atoms with van der Waals surface area (Å²) in [5.41, 5.74) is -0.168. The van der Waals surface area contributed by atoms with Crippen LogP contribution in [-0.4, -0.2) is 36.4 Å². The van der Waals surface area contributed by atoms with Crippen molar-refractivity contribution in [2.24, 2.45) is 0 Å². The average molecular weight is 181 g/mol. The van der Waals surface area contributed by atoms with E-state index in [1.54, 1.807) is 6.26 Å². The smallest absolute Gasteiger partial charge is 0.162 e. The van der Waals surface area contributed by atoms with Gasteiger partial charge >= 0.3 is 0 Å². The molecule has 0 unspecified atom stereocenters. The van der Waals surface area contributed by atoms with E-state index in [0.29, 0.717) is 6.42 Å². The van der Waals surface area contributed by atoms with Gasteiger partial charge in [-0.3, -0.25) is 4.79 Å². The monoisotopic (exact) mass is 181 g/mol. The van der Waals surface area contributed by atoms with E-state index in [4.69, 9.17) is 4.74 Å². The van der Waals surface area contributed by atoms with Gasteiger partial charge in [-0.15, -0.1) is 0 Å². The number of ketones is 1. The molecule has 13 heavy (non-hydrogen) atoms. The third kappa shape index (κ3) is 1.75. The molecule has 2 heterocycles. The van der Waals surface area contributed by atoms with E-state index < -0.39 is 0 Å². The van der Waals surface area contributed by atoms with Crippen LogP contribution >= 0.6 is 0 Å². The number of carbonyl (C=O) groups is 1. The van der Waals surface area contributed by atoms with E-state index in [0.717, 1.165) is 25.9 Å². The van der Waals surface area contributed by atoms with Gasteiger partial charge in [0.25, 0.3) is 0 Å². The number of carbonyl (C=O) groups excluding carboxylic acids is 1. The van der Waals surface area contributed by atoms with Crippen LogP contribution in [0.25, 0.3) is 0 Å². The van der Waals surface area contributed by atoms with Gasteiger partial charge in [-0.05, 0) is 7.05 Å². The van der Waals surface area contributed by atoms with E-state index in [2.05, 4.69) is 11.9 Å². The highest BCUT2D eigenvalue weighted by atomic mass is 16.5. The molecule has 0 aliphatic carbocycles. The minimum absolute atomic E-state index is 0.168. The lowest BCUT2D eigenvalue weighted by atomic mass is 9.85. The van der Waals surface area contributed by atoms with Gasteiger partial charge in [0.05, 0.1) is 12.7 Å². The van der Waals surface area contributed by atoms with Gasteiger partial charge in [0.2, 0.25) is 0 Å². The molecule has 3 nitrogen and oxygen atoms in total. The molecule has 1 fully saturated rings. The predicted molar refractivity (Wildman–Crippen MR) is 49.3 cm³/mol. The molecule has 0 atom stereocenters. The van der Waals surface area contributed by atoms with Crippen molar-refractivity contribution in [1.82, 2.24) is 4.90 Å². The van der Waals surface area contributed by atoms with Crippen molar-refractivity contribution >= 4 is 5.78 Å². The van der Waals surface area contributed by atoms with Crippen LogP contribution < -0.4 is 0 Å². The summed E-state index contributed by atoms with van der Waals surface area (Å²) in [7, 11) is 2.10. The number of nitrogens with zero attached hydrogens (tertiary/aromatic N) is 1. The van der Waals surface area contributed by atoms with Crippen molar-refractivity contribution < 1.29 is 9.53 Å². The Morgan fingerprint density at radius 1 is 1.46 bits per heavy atom. The molecule has 2 rings (SSSR count). The Morgan fingerprint density at radius 3 is 2.77 bits per heavy atom. The standard InChI is InChI=1S/C10H15NO2/c1-11-5-3-10(4-6-11)8-9(12)2-7-13-10/h2,7H,3-6,8H2,1H3. The second-order valence-electron chi connectivity index (χ2n) is 4.05. The molecule has 3 heteroatoms. The minimum Gasteiger partial charge on any atom is -0.494 e. The second kappa shape index (κ2) is 3.14. The number of likely N-dealkylation sites (tertiary alicyclic amines) is 1. The van der Waals surface area contributed by atoms with Gasteiger partial charge in [0.1, 0.15) is 5.60 Å². The second-order valence-corrected chi connectivity index (χ2v) is 4.05. The van der Waals surface area contributed by atoms with Crippen LogP contribution in [0.1, 0.15) is 19.3 Å². The molecular formula is C10H15NO2. The molecule has 2 aliphatic heterocycles. The molecule has 1 saturated heterocycles. The fraction of sp³-hybridized carbons (Fsp3) is 0.700. The van der Waals surface area contributed by atoms with Gasteiger partial charge < -0.3 is 9.64 Å². The number of ether oxygens (including phenoxy) is 1. The molecule has 0 aromatic heterocycles. The normalized spacial score (nSPS) is 27.6. The van der Waals surface area contributed by atoms with Crippen LogP contribution in [0.2, 0.25) is 0 Å². The van der Waals surface area contributed by atoms with Gasteiger partial charge in [-0.2, -0.15) is 0 Å². The maximum Gasteiger partial charge on any atom is 0.162 e. The van der Waals surface area contributed by atoms with E-state index in [9.17, 15) is 4.79 Å². The first kappa shape index (κ1) is 8.75. The largest absolute Gasteiger partial charge is 0.494 e. The fourth-order valence-electron chi connectivity index (χ4n) is 1.99. The van der Waals surface area contributed by atoms with Crippen molar-refractivity contribution in [3.8, 4) is 0 Å². The van der Waals surface area contributed by atoms with Gasteiger partial charge in [0.15, 0.2) is 5.78 Å². The molecule has 0 bridgehead atoms. The SMILES string of the molecule is CN1CCC2(CC1)CC(=O)C=CO2. The first-order valence-electron chi connectivity index (χ1n) is 4.76. The van der Waals surface area contributed by atoms with E-state index in [1.165, 1.54) is 6.08 Å². The van der Waals surface area contributed by atoms with Gasteiger partial charge in [0, 0.05) is 32.0 Å². The van der Waals surface area contributed by atoms with Crippen LogP contribution in [0, 0.1) is 0 Å². The molecule has 0 aromatic rings. The van der Waals surface area contributed by atoms with Crippen LogP contribution in [0.3, 0.4) is 0 Å². The summed E-state index contributed by atoms with van der Waals surface area (Å²) >= 11 is 0. The molecule has 0 N–H and O–H groups in total. The zero-order valence-electron chi connectivity index (χ0n) is 7.95. The van der Waals surface area contributed by atoms with E-state index >= 15 is 0 Å². The summed E-state index contributed by atoms with van der Waals surface area (Å²) in [6, 6.07) is 0. The van der Waals surface area contributed by atoms with Crippen molar-refractivity contribution in [3.05, 3.63) is 12.3 Å². The third-order valence-corrected chi connectivity index (χ3v) is 2.97. The van der Waals surface area contributed by atoms with Crippen molar-refractivity contribution in [2.45, 2.75) is 24.9 Å². The summed E-state index contributed by atoms with van der Waals surface area (Å²) < 4.78 is 5.60. The number of hydrogen-bond acceptors (Lipinski definition) is 3. The van der Waals surface area contributed by atoms with E-state index in [-0.39, 0.29) is 11.4 Å². The maximum absolute atomic E-state index is 11.2. The first-order chi connectivity index (χ1) is 6.20. The lowest BCUT2D eigenvalue weighted by Gasteiger charge is -2.40. The fourth-order valence-corrected chi connectivity index (χ4v) is 1.99. The van der Waals surface area contributed by atoms with Crippen LogP contribution in [0.5, 0.6) is 0 Å². The van der Waals surface area contributed by atoms with Gasteiger partial charge in [-0.1, -0.05) is 0 Å². The summed E-state index contributed by atoms with van der Waals surface area (Å²) in [5.74, 6) is 0.204. The zero-order chi connectivity index (χ0) is 9.31. The number of hydrogen-bond donors (Lipinski definition) is 0. The lowest BCUT2D eigenvalue weighted by Crippen LogP contribution is -2.46. The lowest BCUT2D eigenvalue weighted by molar-refractivity contribution is -0.125. The Hall–Kier alpha value is -0.830. The molecule has 0 amide bonds. The summed E-state index contributed by atoms with van der Waals surface area (Å²) in [6.45, 7) is 2.06. The molecule has 0 saturated carbocycles. The number of allylic oxidation sites excluding steroid dienone is 1. The average Bonchev–Trinajstić information content (AvgIpc) is 2.11. The minimum atomic E-state index is -0.168. The zero-order valence-corrected chi connectivity index (χ0v) is 7.95. The molecule has 1 spiro atoms. The van der Waals surface area contributed by atoms with Crippen molar-refractivity contribution in [3.63, 3.8) is 0 Å². The first-order valence-corrected chi connectivity index (χ1v) is 4.76. The quantitative estimate of drug-likeness (QED) is 0.557. The maximum atomic E-state index is 11.2. The van der Waals surface area contributed by atoms with Crippen molar-refractivity contribution in [2.75, 3.05) is 20.1 Å². The summed E-state index contributed by atoms with van der Waals surface area (Å²) in [4.78, 5) is 13.5. The molecular weight excluding hydrogens is 166 g/mol. The highest BCUT2D eigenvalue weighted by Gasteiger charge is 2.38. The van der Waals surface area contributed by atoms with Crippen LogP contribution in [-0.2, 0) is 9.53 Å². The molecule has 2 aliphatic rings. The Morgan fingerprint density at radius 2 is 2.15 bits per heavy atom. The number of rotatable bonds is 0.